The monoisotopic (exact) mass is 285 g/mol. The number of halogens is 6. The van der Waals surface area contributed by atoms with E-state index in [9.17, 15) is 26.3 Å². The van der Waals surface area contributed by atoms with Crippen LogP contribution in [0.25, 0.3) is 0 Å². The van der Waals surface area contributed by atoms with Crippen molar-refractivity contribution in [2.24, 2.45) is 0 Å². The predicted molar refractivity (Wildman–Crippen MR) is 59.3 cm³/mol. The summed E-state index contributed by atoms with van der Waals surface area (Å²) in [6.45, 7) is 1.50. The minimum Gasteiger partial charge on any atom is -0.378 e. The first-order valence-corrected chi connectivity index (χ1v) is 5.67. The highest BCUT2D eigenvalue weighted by atomic mass is 19.4. The van der Waals surface area contributed by atoms with Crippen LogP contribution in [0.3, 0.4) is 0 Å². The smallest absolute Gasteiger partial charge is 0.378 e. The lowest BCUT2D eigenvalue weighted by atomic mass is 10.1. The molecule has 0 aliphatic carbocycles. The van der Waals surface area contributed by atoms with Crippen molar-refractivity contribution in [3.8, 4) is 0 Å². The first-order valence-electron chi connectivity index (χ1n) is 5.67. The van der Waals surface area contributed by atoms with Crippen molar-refractivity contribution in [3.05, 3.63) is 29.6 Å². The lowest BCUT2D eigenvalue weighted by Gasteiger charge is -2.16. The molecule has 1 unspecified atom stereocenters. The Bertz CT molecular complexity index is 406. The molecule has 1 N–H and O–H groups in total. The predicted octanol–water partition coefficient (Wildman–Crippen LogP) is 4.64. The maximum atomic E-state index is 13.3. The van der Waals surface area contributed by atoms with Gasteiger partial charge in [-0.2, -0.15) is 13.2 Å². The highest BCUT2D eigenvalue weighted by Crippen LogP contribution is 2.25. The molecule has 1 atom stereocenters. The zero-order valence-corrected chi connectivity index (χ0v) is 10.1. The minimum absolute atomic E-state index is 0.0930. The van der Waals surface area contributed by atoms with Gasteiger partial charge in [0.15, 0.2) is 11.6 Å². The van der Waals surface area contributed by atoms with Gasteiger partial charge in [0.1, 0.15) is 11.5 Å². The van der Waals surface area contributed by atoms with E-state index in [2.05, 4.69) is 5.32 Å². The van der Waals surface area contributed by atoms with E-state index in [4.69, 9.17) is 0 Å². The summed E-state index contributed by atoms with van der Waals surface area (Å²) in [5, 5.41) is 2.41. The fourth-order valence-corrected chi connectivity index (χ4v) is 1.61. The number of alkyl halides is 3. The third-order valence-electron chi connectivity index (χ3n) is 2.50. The Balaban J connectivity index is 2.55. The van der Waals surface area contributed by atoms with Gasteiger partial charge >= 0.3 is 6.18 Å². The average molecular weight is 285 g/mol. The van der Waals surface area contributed by atoms with Gasteiger partial charge in [0.25, 0.3) is 0 Å². The Kier molecular flexibility index (Phi) is 5.08. The van der Waals surface area contributed by atoms with Crippen molar-refractivity contribution in [1.29, 1.82) is 0 Å². The van der Waals surface area contributed by atoms with Gasteiger partial charge in [-0.1, -0.05) is 0 Å². The molecule has 0 saturated heterocycles. The SMILES string of the molecule is CC(CCCC(F)(F)F)Nc1c(F)cc(F)cc1F. The lowest BCUT2D eigenvalue weighted by Crippen LogP contribution is -2.18. The van der Waals surface area contributed by atoms with Crippen LogP contribution in [0.15, 0.2) is 12.1 Å². The van der Waals surface area contributed by atoms with Crippen LogP contribution in [0.1, 0.15) is 26.2 Å². The van der Waals surface area contributed by atoms with E-state index in [1.165, 1.54) is 6.92 Å². The number of hydrogen-bond acceptors (Lipinski definition) is 1. The summed E-state index contributed by atoms with van der Waals surface area (Å²) >= 11 is 0. The molecular formula is C12H13F6N. The number of benzene rings is 1. The topological polar surface area (TPSA) is 12.0 Å². The molecule has 0 spiro atoms. The van der Waals surface area contributed by atoms with E-state index >= 15 is 0 Å². The third kappa shape index (κ3) is 5.40. The third-order valence-corrected chi connectivity index (χ3v) is 2.50. The minimum atomic E-state index is -4.24. The van der Waals surface area contributed by atoms with Gasteiger partial charge in [-0.15, -0.1) is 0 Å². The summed E-state index contributed by atoms with van der Waals surface area (Å²) in [7, 11) is 0. The lowest BCUT2D eigenvalue weighted by molar-refractivity contribution is -0.135. The molecule has 1 aromatic rings. The Morgan fingerprint density at radius 2 is 1.63 bits per heavy atom. The molecule has 0 fully saturated rings. The largest absolute Gasteiger partial charge is 0.389 e. The molecule has 1 nitrogen and oxygen atoms in total. The Hall–Kier alpha value is -1.40. The van der Waals surface area contributed by atoms with Crippen molar-refractivity contribution in [3.63, 3.8) is 0 Å². The van der Waals surface area contributed by atoms with Crippen molar-refractivity contribution in [2.45, 2.75) is 38.4 Å². The molecule has 0 aliphatic heterocycles. The molecule has 1 rings (SSSR count). The summed E-state index contributed by atoms with van der Waals surface area (Å²) in [4.78, 5) is 0. The van der Waals surface area contributed by atoms with E-state index in [0.29, 0.717) is 12.1 Å². The summed E-state index contributed by atoms with van der Waals surface area (Å²) in [6, 6.07) is 0.457. The normalized spacial score (nSPS) is 13.4. The van der Waals surface area contributed by atoms with Gasteiger partial charge in [0.05, 0.1) is 0 Å². The van der Waals surface area contributed by atoms with Crippen LogP contribution in [0.4, 0.5) is 32.0 Å². The van der Waals surface area contributed by atoms with Gasteiger partial charge in [0, 0.05) is 24.6 Å². The summed E-state index contributed by atoms with van der Waals surface area (Å²) < 4.78 is 74.9. The first kappa shape index (κ1) is 15.7. The molecule has 0 radical (unpaired) electrons. The molecule has 108 valence electrons. The average Bonchev–Trinajstić information content (AvgIpc) is 2.21. The van der Waals surface area contributed by atoms with Gasteiger partial charge in [0.2, 0.25) is 0 Å². The number of rotatable bonds is 5. The number of anilines is 1. The summed E-state index contributed by atoms with van der Waals surface area (Å²) in [5.74, 6) is -3.27. The van der Waals surface area contributed by atoms with E-state index in [1.807, 2.05) is 0 Å². The summed E-state index contributed by atoms with van der Waals surface area (Å²) in [5.41, 5.74) is -0.527. The second-order valence-corrected chi connectivity index (χ2v) is 4.30. The summed E-state index contributed by atoms with van der Waals surface area (Å²) in [6.07, 6.45) is -5.25. The van der Waals surface area contributed by atoms with E-state index < -0.39 is 41.8 Å². The van der Waals surface area contributed by atoms with Crippen LogP contribution >= 0.6 is 0 Å². The molecule has 0 aromatic heterocycles. The second kappa shape index (κ2) is 6.16. The molecule has 0 bridgehead atoms. The molecule has 19 heavy (non-hydrogen) atoms. The van der Waals surface area contributed by atoms with Gasteiger partial charge < -0.3 is 5.32 Å². The molecular weight excluding hydrogens is 272 g/mol. The molecule has 0 amide bonds. The molecule has 0 saturated carbocycles. The molecule has 7 heteroatoms. The maximum absolute atomic E-state index is 13.3. The van der Waals surface area contributed by atoms with Crippen LogP contribution in [0.2, 0.25) is 0 Å². The zero-order chi connectivity index (χ0) is 14.6. The first-order chi connectivity index (χ1) is 8.69. The Morgan fingerprint density at radius 3 is 2.11 bits per heavy atom. The van der Waals surface area contributed by atoms with Gasteiger partial charge in [-0.25, -0.2) is 13.2 Å². The van der Waals surface area contributed by atoms with E-state index in [1.54, 1.807) is 0 Å². The van der Waals surface area contributed by atoms with Crippen molar-refractivity contribution in [1.82, 2.24) is 0 Å². The van der Waals surface area contributed by atoms with E-state index in [-0.39, 0.29) is 12.8 Å². The quantitative estimate of drug-likeness (QED) is 0.777. The van der Waals surface area contributed by atoms with Crippen molar-refractivity contribution in [2.75, 3.05) is 5.32 Å². The van der Waals surface area contributed by atoms with Crippen LogP contribution in [-0.4, -0.2) is 12.2 Å². The van der Waals surface area contributed by atoms with Crippen LogP contribution in [0.5, 0.6) is 0 Å². The standard InChI is InChI=1S/C12H13F6N/c1-7(3-2-4-12(16,17)18)19-11-9(14)5-8(13)6-10(11)15/h5-7,19H,2-4H2,1H3. The fraction of sp³-hybridized carbons (Fsp3) is 0.500. The molecule has 1 aromatic carbocycles. The van der Waals surface area contributed by atoms with Crippen LogP contribution in [0, 0.1) is 17.5 Å². The Labute approximate surface area is 106 Å². The number of nitrogens with one attached hydrogen (secondary N) is 1. The van der Waals surface area contributed by atoms with E-state index in [0.717, 1.165) is 0 Å². The maximum Gasteiger partial charge on any atom is 0.389 e. The second-order valence-electron chi connectivity index (χ2n) is 4.30. The van der Waals surface area contributed by atoms with Crippen LogP contribution in [-0.2, 0) is 0 Å². The fourth-order valence-electron chi connectivity index (χ4n) is 1.61. The highest BCUT2D eigenvalue weighted by Gasteiger charge is 2.26. The highest BCUT2D eigenvalue weighted by molar-refractivity contribution is 5.47. The Morgan fingerprint density at radius 1 is 1.11 bits per heavy atom. The number of hydrogen-bond donors (Lipinski definition) is 1. The molecule has 0 aliphatic rings. The zero-order valence-electron chi connectivity index (χ0n) is 10.1. The van der Waals surface area contributed by atoms with Gasteiger partial charge in [-0.3, -0.25) is 0 Å². The molecule has 0 heterocycles. The van der Waals surface area contributed by atoms with Crippen molar-refractivity contribution < 1.29 is 26.3 Å². The van der Waals surface area contributed by atoms with Gasteiger partial charge in [-0.05, 0) is 19.8 Å². The van der Waals surface area contributed by atoms with Crippen molar-refractivity contribution >= 4 is 5.69 Å². The van der Waals surface area contributed by atoms with Crippen LogP contribution < -0.4 is 5.32 Å².